The Balaban J connectivity index is 1.74. The van der Waals surface area contributed by atoms with Crippen molar-refractivity contribution in [3.63, 3.8) is 0 Å². The number of benzene rings is 1. The fourth-order valence-corrected chi connectivity index (χ4v) is 3.33. The van der Waals surface area contributed by atoms with E-state index >= 15 is 0 Å². The van der Waals surface area contributed by atoms with Crippen molar-refractivity contribution in [2.24, 2.45) is 5.92 Å². The number of ether oxygens (including phenoxy) is 1. The van der Waals surface area contributed by atoms with Crippen molar-refractivity contribution in [1.29, 1.82) is 0 Å². The number of aliphatic hydroxyl groups excluding tert-OH is 1. The quantitative estimate of drug-likeness (QED) is 0.891. The summed E-state index contributed by atoms with van der Waals surface area (Å²) in [4.78, 5) is 4.39. The molecular formula is C18H24N2O2. The van der Waals surface area contributed by atoms with Crippen LogP contribution in [0.3, 0.4) is 0 Å². The second-order valence-electron chi connectivity index (χ2n) is 6.14. The fraction of sp³-hybridized carbons (Fsp3) is 0.500. The van der Waals surface area contributed by atoms with Gasteiger partial charge in [-0.05, 0) is 74.5 Å². The molecule has 2 N–H and O–H groups in total. The average Bonchev–Trinajstić information content (AvgIpc) is 2.55. The van der Waals surface area contributed by atoms with Gasteiger partial charge in [-0.2, -0.15) is 0 Å². The summed E-state index contributed by atoms with van der Waals surface area (Å²) < 4.78 is 5.31. The smallest absolute Gasteiger partial charge is 0.119 e. The molecule has 1 fully saturated rings. The highest BCUT2D eigenvalue weighted by Gasteiger charge is 2.18. The molecule has 22 heavy (non-hydrogen) atoms. The molecule has 3 rings (SSSR count). The summed E-state index contributed by atoms with van der Waals surface area (Å²) >= 11 is 0. The van der Waals surface area contributed by atoms with Crippen LogP contribution in [0.15, 0.2) is 30.5 Å². The maximum atomic E-state index is 10.5. The van der Waals surface area contributed by atoms with Crippen LogP contribution in [0.4, 0.5) is 0 Å². The molecule has 1 aliphatic rings. The molecule has 0 radical (unpaired) electrons. The minimum Gasteiger partial charge on any atom is -0.497 e. The molecule has 1 saturated heterocycles. The monoisotopic (exact) mass is 300 g/mol. The van der Waals surface area contributed by atoms with Gasteiger partial charge in [0.05, 0.1) is 18.7 Å². The van der Waals surface area contributed by atoms with Crippen LogP contribution in [0.1, 0.15) is 24.8 Å². The largest absolute Gasteiger partial charge is 0.497 e. The van der Waals surface area contributed by atoms with Crippen LogP contribution in [0, 0.1) is 5.92 Å². The second-order valence-corrected chi connectivity index (χ2v) is 6.14. The van der Waals surface area contributed by atoms with Crippen LogP contribution < -0.4 is 10.1 Å². The van der Waals surface area contributed by atoms with Crippen LogP contribution in [0.5, 0.6) is 5.75 Å². The topological polar surface area (TPSA) is 54.4 Å². The van der Waals surface area contributed by atoms with Crippen LogP contribution in [0.25, 0.3) is 10.9 Å². The SMILES string of the molecule is COc1ccc2nccc(CC(O)CC3CCNCC3)c2c1. The van der Waals surface area contributed by atoms with E-state index in [1.54, 1.807) is 7.11 Å². The third kappa shape index (κ3) is 3.57. The zero-order valence-corrected chi connectivity index (χ0v) is 13.1. The molecule has 1 aromatic carbocycles. The number of hydrogen-bond acceptors (Lipinski definition) is 4. The van der Waals surface area contributed by atoms with Gasteiger partial charge >= 0.3 is 0 Å². The summed E-state index contributed by atoms with van der Waals surface area (Å²) in [5.74, 6) is 1.47. The Morgan fingerprint density at radius 1 is 1.32 bits per heavy atom. The van der Waals surface area contributed by atoms with Crippen molar-refractivity contribution >= 4 is 10.9 Å². The molecule has 1 aromatic heterocycles. The van der Waals surface area contributed by atoms with Crippen LogP contribution in [-0.4, -0.2) is 36.4 Å². The van der Waals surface area contributed by atoms with Gasteiger partial charge in [-0.1, -0.05) is 0 Å². The van der Waals surface area contributed by atoms with E-state index in [2.05, 4.69) is 10.3 Å². The number of aromatic nitrogens is 1. The van der Waals surface area contributed by atoms with Crippen molar-refractivity contribution in [3.05, 3.63) is 36.0 Å². The van der Waals surface area contributed by atoms with E-state index in [1.165, 1.54) is 12.8 Å². The highest BCUT2D eigenvalue weighted by atomic mass is 16.5. The molecule has 1 atom stereocenters. The predicted octanol–water partition coefficient (Wildman–Crippen LogP) is 2.54. The Kier molecular flexibility index (Phi) is 4.90. The van der Waals surface area contributed by atoms with Crippen molar-refractivity contribution in [2.45, 2.75) is 31.8 Å². The Bertz CT molecular complexity index is 624. The number of rotatable bonds is 5. The van der Waals surface area contributed by atoms with Gasteiger partial charge in [0.2, 0.25) is 0 Å². The number of nitrogens with zero attached hydrogens (tertiary/aromatic N) is 1. The van der Waals surface area contributed by atoms with Crippen molar-refractivity contribution in [2.75, 3.05) is 20.2 Å². The number of piperidine rings is 1. The van der Waals surface area contributed by atoms with E-state index in [1.807, 2.05) is 30.5 Å². The predicted molar refractivity (Wildman–Crippen MR) is 88.2 cm³/mol. The zero-order chi connectivity index (χ0) is 15.4. The number of fused-ring (bicyclic) bond motifs is 1. The van der Waals surface area contributed by atoms with Gasteiger partial charge in [-0.3, -0.25) is 4.98 Å². The third-order valence-corrected chi connectivity index (χ3v) is 4.56. The van der Waals surface area contributed by atoms with Crippen molar-refractivity contribution in [1.82, 2.24) is 10.3 Å². The number of hydrogen-bond donors (Lipinski definition) is 2. The summed E-state index contributed by atoms with van der Waals surface area (Å²) in [6.45, 7) is 2.15. The molecule has 2 aromatic rings. The summed E-state index contributed by atoms with van der Waals surface area (Å²) in [6, 6.07) is 7.91. The first-order valence-electron chi connectivity index (χ1n) is 8.06. The summed E-state index contributed by atoms with van der Waals surface area (Å²) in [5, 5.41) is 14.9. The van der Waals surface area contributed by atoms with E-state index < -0.39 is 0 Å². The molecule has 1 aliphatic heterocycles. The lowest BCUT2D eigenvalue weighted by molar-refractivity contribution is 0.133. The maximum absolute atomic E-state index is 10.5. The average molecular weight is 300 g/mol. The van der Waals surface area contributed by atoms with Crippen molar-refractivity contribution in [3.8, 4) is 5.75 Å². The molecule has 118 valence electrons. The molecule has 0 bridgehead atoms. The number of pyridine rings is 1. The normalized spacial score (nSPS) is 17.5. The van der Waals surface area contributed by atoms with Gasteiger partial charge in [0, 0.05) is 11.6 Å². The Morgan fingerprint density at radius 2 is 2.14 bits per heavy atom. The Labute approximate surface area is 131 Å². The molecule has 0 aliphatic carbocycles. The summed E-state index contributed by atoms with van der Waals surface area (Å²) in [6.07, 6.45) is 5.43. The Morgan fingerprint density at radius 3 is 2.91 bits per heavy atom. The van der Waals surface area contributed by atoms with Gasteiger partial charge in [-0.25, -0.2) is 0 Å². The number of methoxy groups -OCH3 is 1. The van der Waals surface area contributed by atoms with Crippen LogP contribution in [-0.2, 0) is 6.42 Å². The van der Waals surface area contributed by atoms with Crippen LogP contribution in [0.2, 0.25) is 0 Å². The summed E-state index contributed by atoms with van der Waals surface area (Å²) in [5.41, 5.74) is 2.10. The molecule has 0 saturated carbocycles. The van der Waals surface area contributed by atoms with E-state index in [0.717, 1.165) is 41.7 Å². The standard InChI is InChI=1S/C18H24N2O2/c1-22-16-2-3-18-17(12-16)14(6-9-20-18)11-15(21)10-13-4-7-19-8-5-13/h2-3,6,9,12-13,15,19,21H,4-5,7-8,10-11H2,1H3. The van der Waals surface area contributed by atoms with Crippen molar-refractivity contribution < 1.29 is 9.84 Å². The van der Waals surface area contributed by atoms with Gasteiger partial charge in [0.25, 0.3) is 0 Å². The second kappa shape index (κ2) is 7.07. The first kappa shape index (κ1) is 15.3. The molecule has 2 heterocycles. The zero-order valence-electron chi connectivity index (χ0n) is 13.1. The van der Waals surface area contributed by atoms with E-state index in [0.29, 0.717) is 12.3 Å². The van der Waals surface area contributed by atoms with E-state index in [9.17, 15) is 5.11 Å². The molecular weight excluding hydrogens is 276 g/mol. The van der Waals surface area contributed by atoms with E-state index in [4.69, 9.17) is 4.74 Å². The maximum Gasteiger partial charge on any atom is 0.119 e. The molecule has 0 spiro atoms. The van der Waals surface area contributed by atoms with Gasteiger partial charge in [-0.15, -0.1) is 0 Å². The minimum absolute atomic E-state index is 0.292. The Hall–Kier alpha value is -1.65. The lowest BCUT2D eigenvalue weighted by Gasteiger charge is -2.25. The minimum atomic E-state index is -0.292. The molecule has 0 amide bonds. The first-order chi connectivity index (χ1) is 10.8. The molecule has 4 heteroatoms. The van der Waals surface area contributed by atoms with Gasteiger partial charge in [0.15, 0.2) is 0 Å². The number of aliphatic hydroxyl groups is 1. The first-order valence-corrected chi connectivity index (χ1v) is 8.06. The van der Waals surface area contributed by atoms with E-state index in [-0.39, 0.29) is 6.10 Å². The van der Waals surface area contributed by atoms with Gasteiger partial charge in [0.1, 0.15) is 5.75 Å². The third-order valence-electron chi connectivity index (χ3n) is 4.56. The lowest BCUT2D eigenvalue weighted by atomic mass is 9.89. The lowest BCUT2D eigenvalue weighted by Crippen LogP contribution is -2.30. The van der Waals surface area contributed by atoms with Crippen LogP contribution >= 0.6 is 0 Å². The highest BCUT2D eigenvalue weighted by molar-refractivity contribution is 5.83. The fourth-order valence-electron chi connectivity index (χ4n) is 3.33. The molecule has 1 unspecified atom stereocenters. The highest BCUT2D eigenvalue weighted by Crippen LogP contribution is 2.25. The van der Waals surface area contributed by atoms with Gasteiger partial charge < -0.3 is 15.2 Å². The number of nitrogens with one attached hydrogen (secondary N) is 1. The molecule has 4 nitrogen and oxygen atoms in total. The summed E-state index contributed by atoms with van der Waals surface area (Å²) in [7, 11) is 1.67.